The summed E-state index contributed by atoms with van der Waals surface area (Å²) >= 11 is 0. The van der Waals surface area contributed by atoms with Gasteiger partial charge in [0.25, 0.3) is 0 Å². The van der Waals surface area contributed by atoms with Gasteiger partial charge < -0.3 is 15.2 Å². The van der Waals surface area contributed by atoms with Crippen molar-refractivity contribution >= 4 is 12.1 Å². The number of ether oxygens (including phenoxy) is 1. The number of benzene rings is 1. The van der Waals surface area contributed by atoms with Gasteiger partial charge in [-0.1, -0.05) is 30.3 Å². The van der Waals surface area contributed by atoms with Crippen LogP contribution in [0, 0.1) is 46.8 Å². The molecule has 6 aliphatic rings. The average Bonchev–Trinajstić information content (AvgIpc) is 2.58. The van der Waals surface area contributed by atoms with Gasteiger partial charge in [-0.2, -0.15) is 0 Å². The third-order valence-corrected chi connectivity index (χ3v) is 7.78. The Hall–Kier alpha value is -2.04. The first-order valence-corrected chi connectivity index (χ1v) is 8.37. The van der Waals surface area contributed by atoms with Crippen molar-refractivity contribution in [1.82, 2.24) is 5.32 Å². The van der Waals surface area contributed by atoms with Crippen LogP contribution in [-0.2, 0) is 16.1 Å². The van der Waals surface area contributed by atoms with Crippen LogP contribution in [0.4, 0.5) is 4.79 Å². The Bertz CT molecular complexity index is 694. The number of alkyl carbamates (subject to hydrolysis) is 1. The zero-order valence-electron chi connectivity index (χ0n) is 12.4. The SMILES string of the molecule is O=C(NC(C(=O)O)C12C3C4C5C3C1C5C42)OCc1ccccc1. The fourth-order valence-corrected chi connectivity index (χ4v) is 7.38. The third-order valence-electron chi connectivity index (χ3n) is 7.78. The van der Waals surface area contributed by atoms with Crippen LogP contribution in [0.2, 0.25) is 0 Å². The highest BCUT2D eigenvalue weighted by molar-refractivity contribution is 5.83. The second-order valence-electron chi connectivity index (χ2n) is 7.86. The molecule has 118 valence electrons. The second-order valence-corrected chi connectivity index (χ2v) is 7.86. The van der Waals surface area contributed by atoms with E-state index in [9.17, 15) is 14.7 Å². The second kappa shape index (κ2) is 3.55. The van der Waals surface area contributed by atoms with Crippen LogP contribution in [-0.4, -0.2) is 23.2 Å². The first-order chi connectivity index (χ1) is 11.2. The molecule has 1 unspecified atom stereocenters. The van der Waals surface area contributed by atoms with Crippen LogP contribution < -0.4 is 5.32 Å². The van der Waals surface area contributed by atoms with Crippen molar-refractivity contribution < 1.29 is 19.4 Å². The van der Waals surface area contributed by atoms with Gasteiger partial charge in [-0.25, -0.2) is 9.59 Å². The Kier molecular flexibility index (Phi) is 1.91. The largest absolute Gasteiger partial charge is 0.480 e. The fourth-order valence-electron chi connectivity index (χ4n) is 7.38. The molecule has 0 aromatic heterocycles. The highest BCUT2D eigenvalue weighted by Crippen LogP contribution is 3.06. The van der Waals surface area contributed by atoms with Crippen molar-refractivity contribution in [2.24, 2.45) is 46.8 Å². The van der Waals surface area contributed by atoms with E-state index in [1.165, 1.54) is 0 Å². The first-order valence-electron chi connectivity index (χ1n) is 8.37. The summed E-state index contributed by atoms with van der Waals surface area (Å²) in [5.74, 6) is 4.11. The van der Waals surface area contributed by atoms with Crippen LogP contribution in [0.15, 0.2) is 30.3 Å². The molecular formula is C18H17NO4. The van der Waals surface area contributed by atoms with Gasteiger partial charge in [0.15, 0.2) is 0 Å². The molecule has 1 aromatic carbocycles. The number of carboxylic acids is 1. The van der Waals surface area contributed by atoms with Crippen LogP contribution in [0.5, 0.6) is 0 Å². The topological polar surface area (TPSA) is 75.6 Å². The molecule has 1 aromatic rings. The van der Waals surface area contributed by atoms with Crippen molar-refractivity contribution in [3.8, 4) is 0 Å². The molecule has 6 aliphatic carbocycles. The summed E-state index contributed by atoms with van der Waals surface area (Å²) in [5.41, 5.74) is 0.776. The molecule has 1 amide bonds. The molecule has 0 bridgehead atoms. The fraction of sp³-hybridized carbons (Fsp3) is 0.556. The predicted molar refractivity (Wildman–Crippen MR) is 78.0 cm³/mol. The minimum Gasteiger partial charge on any atom is -0.480 e. The number of hydrogen-bond acceptors (Lipinski definition) is 3. The van der Waals surface area contributed by atoms with Crippen molar-refractivity contribution in [2.75, 3.05) is 0 Å². The summed E-state index contributed by atoms with van der Waals surface area (Å²) in [6.45, 7) is 0.165. The smallest absolute Gasteiger partial charge is 0.408 e. The van der Waals surface area contributed by atoms with Crippen LogP contribution in [0.25, 0.3) is 0 Å². The van der Waals surface area contributed by atoms with Gasteiger partial charge in [-0.15, -0.1) is 0 Å². The molecule has 1 atom stereocenters. The minimum absolute atomic E-state index is 0.119. The summed E-state index contributed by atoms with van der Waals surface area (Å²) in [6.07, 6.45) is -0.616. The van der Waals surface area contributed by atoms with Gasteiger partial charge in [0, 0.05) is 5.41 Å². The Balaban J connectivity index is 1.15. The van der Waals surface area contributed by atoms with Gasteiger partial charge in [0.1, 0.15) is 12.6 Å². The Morgan fingerprint density at radius 1 is 1.09 bits per heavy atom. The van der Waals surface area contributed by atoms with E-state index < -0.39 is 18.1 Å². The predicted octanol–water partition coefficient (Wildman–Crippen LogP) is 1.73. The van der Waals surface area contributed by atoms with E-state index in [0.717, 1.165) is 29.2 Å². The number of carbonyl (C=O) groups excluding carboxylic acids is 1. The summed E-state index contributed by atoms with van der Waals surface area (Å²) in [6, 6.07) is 8.64. The molecule has 6 saturated carbocycles. The summed E-state index contributed by atoms with van der Waals surface area (Å²) < 4.78 is 5.21. The first kappa shape index (κ1) is 12.4. The summed E-state index contributed by atoms with van der Waals surface area (Å²) in [4.78, 5) is 23.8. The summed E-state index contributed by atoms with van der Waals surface area (Å²) in [7, 11) is 0. The number of carbonyl (C=O) groups is 2. The number of carboxylic acid groups (broad SMARTS) is 1. The highest BCUT2D eigenvalue weighted by Gasteiger charge is 3.05. The quantitative estimate of drug-likeness (QED) is 0.868. The standard InChI is InChI=1S/C18H17NO4/c20-16(21)15(19-17(22)23-6-7-4-2-1-3-5-7)18-12-9-8-10(12)14(18)11(8)13(9)18/h1-5,8-15H,6H2,(H,19,22)(H,20,21). The molecule has 0 saturated heterocycles. The molecule has 2 N–H and O–H groups in total. The van der Waals surface area contributed by atoms with E-state index >= 15 is 0 Å². The zero-order valence-corrected chi connectivity index (χ0v) is 12.4. The molecule has 0 radical (unpaired) electrons. The van der Waals surface area contributed by atoms with Crippen molar-refractivity contribution in [2.45, 2.75) is 12.6 Å². The molecular weight excluding hydrogens is 294 g/mol. The highest BCUT2D eigenvalue weighted by atomic mass is 16.5. The van der Waals surface area contributed by atoms with Gasteiger partial charge >= 0.3 is 12.1 Å². The number of amides is 1. The molecule has 0 aliphatic heterocycles. The Morgan fingerprint density at radius 3 is 2.26 bits per heavy atom. The van der Waals surface area contributed by atoms with Crippen LogP contribution in [0.1, 0.15) is 5.56 Å². The molecule has 6 fully saturated rings. The molecule has 0 spiro atoms. The summed E-state index contributed by atoms with van der Waals surface area (Å²) in [5, 5.41) is 12.3. The molecule has 5 heteroatoms. The van der Waals surface area contributed by atoms with E-state index in [4.69, 9.17) is 4.74 Å². The third kappa shape index (κ3) is 1.03. The number of nitrogens with one attached hydrogen (secondary N) is 1. The van der Waals surface area contributed by atoms with Crippen molar-refractivity contribution in [1.29, 1.82) is 0 Å². The van der Waals surface area contributed by atoms with Crippen LogP contribution >= 0.6 is 0 Å². The minimum atomic E-state index is -0.905. The maximum absolute atomic E-state index is 12.1. The molecule has 0 heterocycles. The lowest BCUT2D eigenvalue weighted by Crippen LogP contribution is -3.08. The van der Waals surface area contributed by atoms with Gasteiger partial charge in [0.2, 0.25) is 0 Å². The number of aliphatic carboxylic acids is 1. The lowest BCUT2D eigenvalue weighted by molar-refractivity contribution is -0.617. The van der Waals surface area contributed by atoms with Crippen molar-refractivity contribution in [3.05, 3.63) is 35.9 Å². The average molecular weight is 311 g/mol. The van der Waals surface area contributed by atoms with Crippen LogP contribution in [0.3, 0.4) is 0 Å². The monoisotopic (exact) mass is 311 g/mol. The van der Waals surface area contributed by atoms with E-state index in [0.29, 0.717) is 17.8 Å². The maximum atomic E-state index is 12.1. The molecule has 7 rings (SSSR count). The maximum Gasteiger partial charge on any atom is 0.408 e. The lowest BCUT2D eigenvalue weighted by atomic mass is 8.96. The van der Waals surface area contributed by atoms with Crippen molar-refractivity contribution in [3.63, 3.8) is 0 Å². The number of hydrogen-bond donors (Lipinski definition) is 2. The number of rotatable bonds is 5. The lowest BCUT2D eigenvalue weighted by Gasteiger charge is -3.08. The van der Waals surface area contributed by atoms with Gasteiger partial charge in [0.05, 0.1) is 0 Å². The van der Waals surface area contributed by atoms with E-state index in [-0.39, 0.29) is 12.0 Å². The van der Waals surface area contributed by atoms with E-state index in [2.05, 4.69) is 5.32 Å². The normalized spacial score (nSPS) is 49.1. The zero-order chi connectivity index (χ0) is 15.5. The molecule has 23 heavy (non-hydrogen) atoms. The van der Waals surface area contributed by atoms with E-state index in [1.807, 2.05) is 30.3 Å². The Morgan fingerprint density at radius 2 is 1.70 bits per heavy atom. The molecule has 5 nitrogen and oxygen atoms in total. The van der Waals surface area contributed by atoms with Gasteiger partial charge in [-0.3, -0.25) is 0 Å². The van der Waals surface area contributed by atoms with Gasteiger partial charge in [-0.05, 0) is 47.0 Å². The van der Waals surface area contributed by atoms with E-state index in [1.54, 1.807) is 0 Å². The Labute approximate surface area is 133 Å².